The Bertz CT molecular complexity index is 756. The number of hydrogen-bond acceptors (Lipinski definition) is 4. The van der Waals surface area contributed by atoms with Crippen molar-refractivity contribution in [2.45, 2.75) is 71.3 Å². The Labute approximate surface area is 181 Å². The van der Waals surface area contributed by atoms with Crippen molar-refractivity contribution < 1.29 is 23.5 Å². The zero-order valence-electron chi connectivity index (χ0n) is 18.1. The van der Waals surface area contributed by atoms with Gasteiger partial charge in [-0.1, -0.05) is 28.1 Å². The van der Waals surface area contributed by atoms with Gasteiger partial charge in [-0.15, -0.1) is 0 Å². The highest BCUT2D eigenvalue weighted by Crippen LogP contribution is 2.37. The molecule has 1 aliphatic heterocycles. The molecule has 2 rings (SSSR count). The fourth-order valence-corrected chi connectivity index (χ4v) is 3.76. The van der Waals surface area contributed by atoms with E-state index in [1.807, 2.05) is 6.07 Å². The van der Waals surface area contributed by atoms with E-state index in [-0.39, 0.29) is 13.0 Å². The van der Waals surface area contributed by atoms with Gasteiger partial charge in [-0.3, -0.25) is 0 Å². The van der Waals surface area contributed by atoms with Crippen molar-refractivity contribution in [2.75, 3.05) is 13.1 Å². The number of likely N-dealkylation sites (tertiary alicyclic amines) is 1. The lowest BCUT2D eigenvalue weighted by Crippen LogP contribution is -2.48. The van der Waals surface area contributed by atoms with E-state index in [0.29, 0.717) is 18.5 Å². The molecule has 5 nitrogen and oxygen atoms in total. The number of nitrogens with zero attached hydrogens (tertiary/aromatic N) is 1. The Morgan fingerprint density at radius 2 is 1.76 bits per heavy atom. The first-order chi connectivity index (χ1) is 13.2. The third kappa shape index (κ3) is 6.69. The molecule has 29 heavy (non-hydrogen) atoms. The van der Waals surface area contributed by atoms with Crippen LogP contribution in [0, 0.1) is 5.92 Å². The van der Waals surface area contributed by atoms with Crippen LogP contribution < -0.4 is 0 Å². The number of ether oxygens (including phenoxy) is 2. The second-order valence-electron chi connectivity index (χ2n) is 9.58. The molecule has 1 heterocycles. The molecule has 2 atom stereocenters. The van der Waals surface area contributed by atoms with Crippen LogP contribution in [0.5, 0.6) is 0 Å². The van der Waals surface area contributed by atoms with E-state index in [4.69, 9.17) is 9.47 Å². The molecule has 162 valence electrons. The predicted molar refractivity (Wildman–Crippen MR) is 113 cm³/mol. The Morgan fingerprint density at radius 3 is 2.31 bits per heavy atom. The van der Waals surface area contributed by atoms with Gasteiger partial charge in [0.2, 0.25) is 5.67 Å². The molecule has 1 saturated heterocycles. The summed E-state index contributed by atoms with van der Waals surface area (Å²) in [5.41, 5.74) is -3.01. The molecule has 0 bridgehead atoms. The van der Waals surface area contributed by atoms with E-state index in [9.17, 15) is 9.59 Å². The second kappa shape index (κ2) is 8.62. The van der Waals surface area contributed by atoms with Crippen LogP contribution in [0.2, 0.25) is 0 Å². The smallest absolute Gasteiger partial charge is 0.410 e. The van der Waals surface area contributed by atoms with Crippen molar-refractivity contribution >= 4 is 28.0 Å². The third-order valence-electron chi connectivity index (χ3n) is 4.58. The number of benzene rings is 1. The first-order valence-corrected chi connectivity index (χ1v) is 10.6. The van der Waals surface area contributed by atoms with E-state index in [1.165, 1.54) is 4.90 Å². The Hall–Kier alpha value is -1.63. The highest BCUT2D eigenvalue weighted by molar-refractivity contribution is 9.10. The van der Waals surface area contributed by atoms with Crippen LogP contribution in [0.15, 0.2) is 28.7 Å². The van der Waals surface area contributed by atoms with Gasteiger partial charge >= 0.3 is 12.1 Å². The largest absolute Gasteiger partial charge is 0.458 e. The first-order valence-electron chi connectivity index (χ1n) is 9.84. The maximum atomic E-state index is 16.3. The minimum Gasteiger partial charge on any atom is -0.458 e. The van der Waals surface area contributed by atoms with Crippen molar-refractivity contribution in [1.82, 2.24) is 4.90 Å². The van der Waals surface area contributed by atoms with E-state index in [0.717, 1.165) is 4.47 Å². The standard InChI is InChI=1S/C22H31BrFNO4/c1-20(2,3)28-18(26)22(24,13-15-8-7-9-17(23)12-15)16-10-11-25(14-16)19(27)29-21(4,5)6/h7-9,12,16H,10-11,13-14H2,1-6H3/t16-,22?/m0/s1. The molecule has 0 saturated carbocycles. The minimum atomic E-state index is -2.25. The fraction of sp³-hybridized carbons (Fsp3) is 0.636. The normalized spacial score (nSPS) is 19.6. The highest BCUT2D eigenvalue weighted by atomic mass is 79.9. The van der Waals surface area contributed by atoms with Crippen molar-refractivity contribution in [1.29, 1.82) is 0 Å². The average molecular weight is 472 g/mol. The highest BCUT2D eigenvalue weighted by Gasteiger charge is 2.52. The molecule has 1 unspecified atom stereocenters. The quantitative estimate of drug-likeness (QED) is 0.559. The molecule has 0 N–H and O–H groups in total. The van der Waals surface area contributed by atoms with Crippen LogP contribution in [0.25, 0.3) is 0 Å². The van der Waals surface area contributed by atoms with E-state index < -0.39 is 34.9 Å². The molecular weight excluding hydrogens is 441 g/mol. The SMILES string of the molecule is CC(C)(C)OC(=O)N1CC[C@H](C(F)(Cc2cccc(Br)c2)C(=O)OC(C)(C)C)C1. The number of alkyl halides is 1. The van der Waals surface area contributed by atoms with Crippen LogP contribution in [0.1, 0.15) is 53.5 Å². The lowest BCUT2D eigenvalue weighted by Gasteiger charge is -2.33. The number of carbonyl (C=O) groups is 2. The number of hydrogen-bond donors (Lipinski definition) is 0. The van der Waals surface area contributed by atoms with Crippen LogP contribution in [0.4, 0.5) is 9.18 Å². The average Bonchev–Trinajstić information content (AvgIpc) is 3.02. The van der Waals surface area contributed by atoms with Crippen molar-refractivity contribution in [3.05, 3.63) is 34.3 Å². The third-order valence-corrected chi connectivity index (χ3v) is 5.07. The van der Waals surface area contributed by atoms with Gasteiger partial charge in [-0.25, -0.2) is 14.0 Å². The van der Waals surface area contributed by atoms with Gasteiger partial charge < -0.3 is 14.4 Å². The van der Waals surface area contributed by atoms with Crippen LogP contribution in [-0.4, -0.2) is 46.9 Å². The molecular formula is C22H31BrFNO4. The van der Waals surface area contributed by atoms with Gasteiger partial charge in [-0.05, 0) is 65.7 Å². The number of amides is 1. The monoisotopic (exact) mass is 471 g/mol. The molecule has 1 aromatic rings. The van der Waals surface area contributed by atoms with E-state index >= 15 is 4.39 Å². The van der Waals surface area contributed by atoms with Crippen molar-refractivity contribution in [2.24, 2.45) is 5.92 Å². The van der Waals surface area contributed by atoms with Gasteiger partial charge in [0.15, 0.2) is 0 Å². The fourth-order valence-electron chi connectivity index (χ4n) is 3.32. The summed E-state index contributed by atoms with van der Waals surface area (Å²) >= 11 is 3.39. The van der Waals surface area contributed by atoms with Crippen molar-refractivity contribution in [3.8, 4) is 0 Å². The van der Waals surface area contributed by atoms with Crippen LogP contribution >= 0.6 is 15.9 Å². The maximum Gasteiger partial charge on any atom is 0.410 e. The molecule has 1 aromatic carbocycles. The predicted octanol–water partition coefficient (Wildman–Crippen LogP) is 5.30. The molecule has 7 heteroatoms. The van der Waals surface area contributed by atoms with Gasteiger partial charge in [0, 0.05) is 29.9 Å². The minimum absolute atomic E-state index is 0.110. The molecule has 0 aliphatic carbocycles. The van der Waals surface area contributed by atoms with E-state index in [1.54, 1.807) is 59.7 Å². The summed E-state index contributed by atoms with van der Waals surface area (Å²) in [5, 5.41) is 0. The van der Waals surface area contributed by atoms with Gasteiger partial charge in [0.1, 0.15) is 11.2 Å². The molecule has 0 spiro atoms. The molecule has 1 aliphatic rings. The molecule has 1 amide bonds. The lowest BCUT2D eigenvalue weighted by atomic mass is 9.83. The maximum absolute atomic E-state index is 16.3. The summed E-state index contributed by atoms with van der Waals surface area (Å²) in [7, 11) is 0. The lowest BCUT2D eigenvalue weighted by molar-refractivity contribution is -0.173. The number of rotatable bonds is 4. The zero-order chi connectivity index (χ0) is 22.0. The van der Waals surface area contributed by atoms with Crippen LogP contribution in [-0.2, 0) is 20.7 Å². The number of esters is 1. The Kier molecular flexibility index (Phi) is 7.03. The van der Waals surface area contributed by atoms with Crippen molar-refractivity contribution in [3.63, 3.8) is 0 Å². The topological polar surface area (TPSA) is 55.8 Å². The molecule has 0 aromatic heterocycles. The van der Waals surface area contributed by atoms with Gasteiger partial charge in [-0.2, -0.15) is 0 Å². The second-order valence-corrected chi connectivity index (χ2v) is 10.5. The number of halogens is 2. The zero-order valence-corrected chi connectivity index (χ0v) is 19.6. The van der Waals surface area contributed by atoms with Gasteiger partial charge in [0.25, 0.3) is 0 Å². The Morgan fingerprint density at radius 1 is 1.14 bits per heavy atom. The number of carbonyl (C=O) groups excluding carboxylic acids is 2. The molecule has 0 radical (unpaired) electrons. The summed E-state index contributed by atoms with van der Waals surface area (Å²) in [4.78, 5) is 26.8. The van der Waals surface area contributed by atoms with Crippen LogP contribution in [0.3, 0.4) is 0 Å². The summed E-state index contributed by atoms with van der Waals surface area (Å²) in [6, 6.07) is 7.22. The molecule has 1 fully saturated rings. The van der Waals surface area contributed by atoms with Gasteiger partial charge in [0.05, 0.1) is 0 Å². The summed E-state index contributed by atoms with van der Waals surface area (Å²) in [6.07, 6.45) is -0.244. The summed E-state index contributed by atoms with van der Waals surface area (Å²) < 4.78 is 28.0. The summed E-state index contributed by atoms with van der Waals surface area (Å²) in [5.74, 6) is -1.56. The Balaban J connectivity index is 2.25. The first kappa shape index (κ1) is 23.6. The van der Waals surface area contributed by atoms with E-state index in [2.05, 4.69) is 15.9 Å². The summed E-state index contributed by atoms with van der Waals surface area (Å²) in [6.45, 7) is 10.9.